The Morgan fingerprint density at radius 2 is 1.90 bits per heavy atom. The van der Waals surface area contributed by atoms with Crippen LogP contribution in [0.1, 0.15) is 70.2 Å². The average Bonchev–Trinajstić information content (AvgIpc) is 2.83. The lowest BCUT2D eigenvalue weighted by Gasteiger charge is -2.27. The number of fused-ring (bicyclic) bond motifs is 1. The van der Waals surface area contributed by atoms with E-state index in [1.165, 1.54) is 29.5 Å². The van der Waals surface area contributed by atoms with Crippen molar-refractivity contribution in [2.24, 2.45) is 11.3 Å². The Labute approximate surface area is 130 Å². The molecule has 2 unspecified atom stereocenters. The number of ether oxygens (including phenoxy) is 1. The highest BCUT2D eigenvalue weighted by atomic mass is 16.5. The summed E-state index contributed by atoms with van der Waals surface area (Å²) < 4.78 is 5.54. The minimum absolute atomic E-state index is 0.405. The van der Waals surface area contributed by atoms with E-state index in [0.29, 0.717) is 11.5 Å². The summed E-state index contributed by atoms with van der Waals surface area (Å²) >= 11 is 0. The second kappa shape index (κ2) is 6.93. The quantitative estimate of drug-likeness (QED) is 0.810. The Kier molecular flexibility index (Phi) is 5.45. The van der Waals surface area contributed by atoms with E-state index in [-0.39, 0.29) is 0 Å². The van der Waals surface area contributed by atoms with E-state index in [1.54, 1.807) is 0 Å². The smallest absolute Gasteiger partial charge is 0.0725 e. The molecule has 0 saturated carbocycles. The summed E-state index contributed by atoms with van der Waals surface area (Å²) in [4.78, 5) is 0. The van der Waals surface area contributed by atoms with Crippen LogP contribution in [0.15, 0.2) is 18.2 Å². The minimum atomic E-state index is 0.405. The van der Waals surface area contributed by atoms with Crippen molar-refractivity contribution in [2.75, 3.05) is 6.54 Å². The molecule has 1 aromatic rings. The van der Waals surface area contributed by atoms with Crippen LogP contribution in [-0.4, -0.2) is 6.54 Å². The Hall–Kier alpha value is -0.860. The third-order valence-electron chi connectivity index (χ3n) is 4.20. The van der Waals surface area contributed by atoms with Crippen LogP contribution in [-0.2, 0) is 18.0 Å². The SMILES string of the molecule is CCNC(CC(C)CC(C)(C)C)c1ccc2c(c1)COC2. The standard InChI is InChI=1S/C19H31NO/c1-6-20-18(9-14(2)11-19(3,4)5)15-7-8-16-12-21-13-17(16)10-15/h7-8,10,14,18,20H,6,9,11-13H2,1-5H3. The first-order chi connectivity index (χ1) is 9.89. The Balaban J connectivity index is 2.08. The molecule has 2 nitrogen and oxygen atoms in total. The maximum absolute atomic E-state index is 5.54. The van der Waals surface area contributed by atoms with Gasteiger partial charge >= 0.3 is 0 Å². The summed E-state index contributed by atoms with van der Waals surface area (Å²) in [6.45, 7) is 14.1. The van der Waals surface area contributed by atoms with Gasteiger partial charge in [-0.05, 0) is 47.4 Å². The molecule has 2 heteroatoms. The molecule has 1 aliphatic heterocycles. The predicted molar refractivity (Wildman–Crippen MR) is 89.2 cm³/mol. The van der Waals surface area contributed by atoms with Gasteiger partial charge in [-0.25, -0.2) is 0 Å². The molecule has 2 rings (SSSR count). The van der Waals surface area contributed by atoms with Crippen molar-refractivity contribution in [1.29, 1.82) is 0 Å². The molecule has 0 amide bonds. The monoisotopic (exact) mass is 289 g/mol. The van der Waals surface area contributed by atoms with Crippen molar-refractivity contribution in [2.45, 2.75) is 66.7 Å². The first kappa shape index (κ1) is 16.5. The fourth-order valence-corrected chi connectivity index (χ4v) is 3.52. The molecule has 1 heterocycles. The summed E-state index contributed by atoms with van der Waals surface area (Å²) in [6, 6.07) is 7.33. The van der Waals surface area contributed by atoms with Gasteiger partial charge in [0.15, 0.2) is 0 Å². The van der Waals surface area contributed by atoms with Gasteiger partial charge in [0.2, 0.25) is 0 Å². The number of hydrogen-bond acceptors (Lipinski definition) is 2. The molecule has 1 aromatic carbocycles. The van der Waals surface area contributed by atoms with Crippen LogP contribution in [0.5, 0.6) is 0 Å². The molecule has 0 fully saturated rings. The highest BCUT2D eigenvalue weighted by Crippen LogP contribution is 2.32. The number of hydrogen-bond donors (Lipinski definition) is 1. The van der Waals surface area contributed by atoms with Crippen LogP contribution in [0.2, 0.25) is 0 Å². The van der Waals surface area contributed by atoms with Gasteiger partial charge in [-0.1, -0.05) is 52.8 Å². The summed E-state index contributed by atoms with van der Waals surface area (Å²) in [5.41, 5.74) is 4.56. The Morgan fingerprint density at radius 1 is 1.19 bits per heavy atom. The Bertz CT molecular complexity index is 461. The maximum atomic E-state index is 5.54. The van der Waals surface area contributed by atoms with Crippen molar-refractivity contribution < 1.29 is 4.74 Å². The highest BCUT2D eigenvalue weighted by molar-refractivity contribution is 5.34. The van der Waals surface area contributed by atoms with Crippen LogP contribution >= 0.6 is 0 Å². The second-order valence-electron chi connectivity index (χ2n) is 7.74. The van der Waals surface area contributed by atoms with Crippen LogP contribution in [0.3, 0.4) is 0 Å². The third kappa shape index (κ3) is 4.82. The normalized spacial score (nSPS) is 17.6. The Morgan fingerprint density at radius 3 is 2.57 bits per heavy atom. The predicted octanol–water partition coefficient (Wildman–Crippen LogP) is 4.83. The number of benzene rings is 1. The molecule has 1 N–H and O–H groups in total. The highest BCUT2D eigenvalue weighted by Gasteiger charge is 2.21. The topological polar surface area (TPSA) is 21.3 Å². The molecular weight excluding hydrogens is 258 g/mol. The summed E-state index contributed by atoms with van der Waals surface area (Å²) in [6.07, 6.45) is 2.47. The summed E-state index contributed by atoms with van der Waals surface area (Å²) in [5, 5.41) is 3.67. The molecule has 21 heavy (non-hydrogen) atoms. The molecule has 0 radical (unpaired) electrons. The van der Waals surface area contributed by atoms with E-state index in [9.17, 15) is 0 Å². The average molecular weight is 289 g/mol. The van der Waals surface area contributed by atoms with Crippen molar-refractivity contribution >= 4 is 0 Å². The third-order valence-corrected chi connectivity index (χ3v) is 4.20. The van der Waals surface area contributed by atoms with Crippen LogP contribution in [0.25, 0.3) is 0 Å². The fourth-order valence-electron chi connectivity index (χ4n) is 3.52. The first-order valence-electron chi connectivity index (χ1n) is 8.32. The second-order valence-corrected chi connectivity index (χ2v) is 7.74. The van der Waals surface area contributed by atoms with Crippen molar-refractivity contribution in [3.8, 4) is 0 Å². The zero-order chi connectivity index (χ0) is 15.5. The van der Waals surface area contributed by atoms with Crippen LogP contribution < -0.4 is 5.32 Å². The van der Waals surface area contributed by atoms with E-state index in [2.05, 4.69) is 58.1 Å². The van der Waals surface area contributed by atoms with Gasteiger partial charge in [-0.2, -0.15) is 0 Å². The largest absolute Gasteiger partial charge is 0.372 e. The van der Waals surface area contributed by atoms with Crippen LogP contribution in [0.4, 0.5) is 0 Å². The van der Waals surface area contributed by atoms with E-state index < -0.39 is 0 Å². The van der Waals surface area contributed by atoms with Gasteiger partial charge < -0.3 is 10.1 Å². The van der Waals surface area contributed by atoms with Crippen LogP contribution in [0, 0.1) is 11.3 Å². The van der Waals surface area contributed by atoms with Gasteiger partial charge in [-0.3, -0.25) is 0 Å². The van der Waals surface area contributed by atoms with Crippen molar-refractivity contribution in [3.05, 3.63) is 34.9 Å². The van der Waals surface area contributed by atoms with Crippen molar-refractivity contribution in [1.82, 2.24) is 5.32 Å². The van der Waals surface area contributed by atoms with E-state index in [4.69, 9.17) is 4.74 Å². The number of nitrogens with one attached hydrogen (secondary N) is 1. The zero-order valence-electron chi connectivity index (χ0n) is 14.3. The molecular formula is C19H31NO. The van der Waals surface area contributed by atoms with E-state index >= 15 is 0 Å². The van der Waals surface area contributed by atoms with Gasteiger partial charge in [0.05, 0.1) is 13.2 Å². The number of rotatable bonds is 6. The lowest BCUT2D eigenvalue weighted by atomic mass is 9.82. The fraction of sp³-hybridized carbons (Fsp3) is 0.684. The van der Waals surface area contributed by atoms with Crippen molar-refractivity contribution in [3.63, 3.8) is 0 Å². The molecule has 0 saturated heterocycles. The first-order valence-corrected chi connectivity index (χ1v) is 8.32. The molecule has 0 spiro atoms. The summed E-state index contributed by atoms with van der Waals surface area (Å²) in [7, 11) is 0. The molecule has 118 valence electrons. The van der Waals surface area contributed by atoms with E-state index in [0.717, 1.165) is 25.7 Å². The minimum Gasteiger partial charge on any atom is -0.372 e. The molecule has 0 bridgehead atoms. The molecule has 2 atom stereocenters. The van der Waals surface area contributed by atoms with Gasteiger partial charge in [0.25, 0.3) is 0 Å². The lowest BCUT2D eigenvalue weighted by molar-refractivity contribution is 0.134. The van der Waals surface area contributed by atoms with Gasteiger partial charge in [0, 0.05) is 6.04 Å². The maximum Gasteiger partial charge on any atom is 0.0725 e. The molecule has 1 aliphatic rings. The molecule has 0 aliphatic carbocycles. The van der Waals surface area contributed by atoms with Gasteiger partial charge in [-0.15, -0.1) is 0 Å². The zero-order valence-corrected chi connectivity index (χ0v) is 14.3. The lowest BCUT2D eigenvalue weighted by Crippen LogP contribution is -2.24. The van der Waals surface area contributed by atoms with Gasteiger partial charge in [0.1, 0.15) is 0 Å². The van der Waals surface area contributed by atoms with E-state index in [1.807, 2.05) is 0 Å². The molecule has 0 aromatic heterocycles. The summed E-state index contributed by atoms with van der Waals surface area (Å²) in [5.74, 6) is 0.721.